The van der Waals surface area contributed by atoms with E-state index in [4.69, 9.17) is 9.57 Å². The van der Waals surface area contributed by atoms with Crippen molar-refractivity contribution in [2.75, 3.05) is 37.7 Å². The summed E-state index contributed by atoms with van der Waals surface area (Å²) in [5.74, 6) is 1.77. The Labute approximate surface area is 366 Å². The van der Waals surface area contributed by atoms with Gasteiger partial charge in [0, 0.05) is 61.6 Å². The summed E-state index contributed by atoms with van der Waals surface area (Å²) < 4.78 is 5.99. The summed E-state index contributed by atoms with van der Waals surface area (Å²) in [5, 5.41) is 10.7. The number of hydrogen-bond acceptors (Lipinski definition) is 10. The van der Waals surface area contributed by atoms with Crippen LogP contribution < -0.4 is 26.2 Å². The first-order valence-electron chi connectivity index (χ1n) is 20.8. The number of para-hydroxylation sites is 1. The molecule has 0 aromatic heterocycles. The molecule has 3 aromatic rings. The van der Waals surface area contributed by atoms with Crippen LogP contribution in [-0.4, -0.2) is 91.3 Å². The number of imide groups is 1. The van der Waals surface area contributed by atoms with Crippen molar-refractivity contribution in [1.82, 2.24) is 26.3 Å². The van der Waals surface area contributed by atoms with E-state index in [1.165, 1.54) is 0 Å². The highest BCUT2D eigenvalue weighted by Crippen LogP contribution is 2.27. The molecule has 5 rings (SSSR count). The second-order valence-electron chi connectivity index (χ2n) is 17.0. The van der Waals surface area contributed by atoms with Crippen LogP contribution >= 0.6 is 0 Å². The molecule has 0 bridgehead atoms. The van der Waals surface area contributed by atoms with Gasteiger partial charge in [-0.2, -0.15) is 0 Å². The molecule has 16 nitrogen and oxygen atoms in total. The normalized spacial score (nSPS) is 13.8. The fourth-order valence-electron chi connectivity index (χ4n) is 6.71. The lowest BCUT2D eigenvalue weighted by Gasteiger charge is -2.29. The zero-order chi connectivity index (χ0) is 45.6. The SMILES string of the molecule is CC(C)(CNC(=O)CCC(=O)N1Cc2ccccc2C#Cc2ccccc21)COCC(C)(C)CC(=O)NCC(=O)NCC(=O)N[C@@H](Cc1ccccc1)C(=O)ON1C(=O)CCC1=O. The summed E-state index contributed by atoms with van der Waals surface area (Å²) in [5.41, 5.74) is 2.81. The maximum absolute atomic E-state index is 13.5. The minimum absolute atomic E-state index is 0.00779. The Morgan fingerprint density at radius 1 is 0.683 bits per heavy atom. The smallest absolute Gasteiger partial charge is 0.355 e. The van der Waals surface area contributed by atoms with Gasteiger partial charge in [0.2, 0.25) is 29.5 Å². The molecule has 63 heavy (non-hydrogen) atoms. The molecule has 3 aromatic carbocycles. The van der Waals surface area contributed by atoms with Crippen molar-refractivity contribution < 1.29 is 47.9 Å². The first-order valence-corrected chi connectivity index (χ1v) is 20.8. The van der Waals surface area contributed by atoms with E-state index in [2.05, 4.69) is 33.1 Å². The third kappa shape index (κ3) is 14.6. The number of hydroxylamine groups is 2. The lowest BCUT2D eigenvalue weighted by molar-refractivity contribution is -0.199. The number of hydrogen-bond donors (Lipinski definition) is 4. The van der Waals surface area contributed by atoms with Crippen molar-refractivity contribution in [3.63, 3.8) is 0 Å². The number of ether oxygens (including phenoxy) is 1. The number of benzene rings is 3. The highest BCUT2D eigenvalue weighted by Gasteiger charge is 2.35. The molecule has 0 unspecified atom stereocenters. The van der Waals surface area contributed by atoms with Crippen molar-refractivity contribution in [3.8, 4) is 11.8 Å². The zero-order valence-electron chi connectivity index (χ0n) is 36.0. The Kier molecular flexibility index (Phi) is 16.3. The molecule has 0 radical (unpaired) electrons. The third-order valence-electron chi connectivity index (χ3n) is 10.1. The fourth-order valence-corrected chi connectivity index (χ4v) is 6.71. The molecular formula is C47H54N6O10. The van der Waals surface area contributed by atoms with E-state index in [9.17, 15) is 38.4 Å². The van der Waals surface area contributed by atoms with Gasteiger partial charge in [0.05, 0.1) is 38.5 Å². The topological polar surface area (TPSA) is 210 Å². The molecule has 0 saturated carbocycles. The molecule has 332 valence electrons. The van der Waals surface area contributed by atoms with E-state index >= 15 is 0 Å². The number of anilines is 1. The van der Waals surface area contributed by atoms with Crippen LogP contribution in [0.4, 0.5) is 5.69 Å². The number of carbonyl (C=O) groups is 8. The standard InChI is InChI=1S/C47H54N6O10/c1-46(2,25-39(55)48-26-40(56)49-27-41(57)51-36(24-32-12-6-5-7-13-32)45(61)63-53-43(59)22-23-44(53)60)30-62-31-47(3,4)29-50-38(54)20-21-42(58)52-28-35-16-9-8-14-33(35)18-19-34-15-10-11-17-37(34)52/h5-17,36H,20-31H2,1-4H3,(H,48,55)(H,49,56)(H,50,54)(H,51,57)/t36-/m0/s1. The summed E-state index contributed by atoms with van der Waals surface area (Å²) in [6, 6.07) is 22.6. The Bertz CT molecular complexity index is 2250. The van der Waals surface area contributed by atoms with Crippen molar-refractivity contribution in [2.45, 2.75) is 78.8 Å². The zero-order valence-corrected chi connectivity index (χ0v) is 36.0. The lowest BCUT2D eigenvalue weighted by Crippen LogP contribution is -2.50. The average Bonchev–Trinajstić information content (AvgIpc) is 3.56. The minimum atomic E-state index is -1.27. The molecule has 0 spiro atoms. The van der Waals surface area contributed by atoms with Crippen LogP contribution in [0, 0.1) is 22.7 Å². The van der Waals surface area contributed by atoms with Crippen LogP contribution in [0.15, 0.2) is 78.9 Å². The predicted molar refractivity (Wildman–Crippen MR) is 231 cm³/mol. The van der Waals surface area contributed by atoms with Gasteiger partial charge in [-0.25, -0.2) is 4.79 Å². The molecule has 7 amide bonds. The molecule has 4 N–H and O–H groups in total. The van der Waals surface area contributed by atoms with Gasteiger partial charge in [-0.3, -0.25) is 33.6 Å². The number of fused-ring (bicyclic) bond motifs is 2. The molecule has 2 aliphatic rings. The number of rotatable bonds is 20. The summed E-state index contributed by atoms with van der Waals surface area (Å²) >= 11 is 0. The van der Waals surface area contributed by atoms with Gasteiger partial charge in [-0.15, -0.1) is 5.06 Å². The Balaban J connectivity index is 0.985. The summed E-state index contributed by atoms with van der Waals surface area (Å²) in [4.78, 5) is 108. The summed E-state index contributed by atoms with van der Waals surface area (Å²) in [6.45, 7) is 7.71. The maximum atomic E-state index is 13.5. The van der Waals surface area contributed by atoms with E-state index in [-0.39, 0.29) is 63.6 Å². The van der Waals surface area contributed by atoms with Crippen molar-refractivity contribution >= 4 is 53.0 Å². The quantitative estimate of drug-likeness (QED) is 0.0965. The van der Waals surface area contributed by atoms with Gasteiger partial charge in [-0.05, 0) is 34.7 Å². The lowest BCUT2D eigenvalue weighted by atomic mass is 9.89. The molecule has 1 saturated heterocycles. The van der Waals surface area contributed by atoms with Crippen molar-refractivity contribution in [1.29, 1.82) is 0 Å². The van der Waals surface area contributed by atoms with Crippen LogP contribution in [0.2, 0.25) is 0 Å². The predicted octanol–water partition coefficient (Wildman–Crippen LogP) is 2.86. The molecule has 2 heterocycles. The van der Waals surface area contributed by atoms with Crippen LogP contribution in [0.25, 0.3) is 0 Å². The highest BCUT2D eigenvalue weighted by atomic mass is 16.7. The van der Waals surface area contributed by atoms with Crippen LogP contribution in [0.3, 0.4) is 0 Å². The maximum Gasteiger partial charge on any atom is 0.355 e. The second kappa shape index (κ2) is 21.8. The van der Waals surface area contributed by atoms with E-state index in [0.717, 1.165) is 16.7 Å². The van der Waals surface area contributed by atoms with Crippen LogP contribution in [0.1, 0.15) is 82.1 Å². The van der Waals surface area contributed by atoms with Gasteiger partial charge in [0.25, 0.3) is 11.8 Å². The minimum Gasteiger partial charge on any atom is -0.380 e. The molecular weight excluding hydrogens is 809 g/mol. The second-order valence-corrected chi connectivity index (χ2v) is 17.0. The van der Waals surface area contributed by atoms with Gasteiger partial charge >= 0.3 is 5.97 Å². The van der Waals surface area contributed by atoms with Gasteiger partial charge in [-0.1, -0.05) is 100 Å². The Hall–Kier alpha value is -6.86. The Morgan fingerprint density at radius 3 is 2.02 bits per heavy atom. The third-order valence-corrected chi connectivity index (χ3v) is 10.1. The summed E-state index contributed by atoms with van der Waals surface area (Å²) in [7, 11) is 0. The van der Waals surface area contributed by atoms with E-state index in [1.54, 1.807) is 35.2 Å². The fraction of sp³-hybridized carbons (Fsp3) is 0.404. The number of nitrogens with one attached hydrogen (secondary N) is 4. The number of nitrogens with zero attached hydrogens (tertiary/aromatic N) is 2. The molecule has 0 aliphatic carbocycles. The van der Waals surface area contributed by atoms with E-state index in [1.807, 2.05) is 76.2 Å². The van der Waals surface area contributed by atoms with Gasteiger partial charge in [0.15, 0.2) is 0 Å². The number of carbonyl (C=O) groups excluding carboxylic acids is 8. The molecule has 2 aliphatic heterocycles. The highest BCUT2D eigenvalue weighted by molar-refractivity contribution is 6.02. The van der Waals surface area contributed by atoms with E-state index < -0.39 is 65.5 Å². The summed E-state index contributed by atoms with van der Waals surface area (Å²) in [6.07, 6.45) is -0.138. The molecule has 1 fully saturated rings. The first kappa shape index (κ1) is 47.2. The Morgan fingerprint density at radius 2 is 1.29 bits per heavy atom. The average molecular weight is 863 g/mol. The van der Waals surface area contributed by atoms with Crippen molar-refractivity contribution in [3.05, 3.63) is 101 Å². The van der Waals surface area contributed by atoms with Gasteiger partial charge in [0.1, 0.15) is 6.04 Å². The largest absolute Gasteiger partial charge is 0.380 e. The van der Waals surface area contributed by atoms with Crippen molar-refractivity contribution in [2.24, 2.45) is 10.8 Å². The van der Waals surface area contributed by atoms with Gasteiger partial charge < -0.3 is 35.7 Å². The monoisotopic (exact) mass is 862 g/mol. The van der Waals surface area contributed by atoms with E-state index in [0.29, 0.717) is 29.4 Å². The van der Waals surface area contributed by atoms with Crippen LogP contribution in [0.5, 0.6) is 0 Å². The molecule has 1 atom stereocenters. The first-order chi connectivity index (χ1) is 30.0. The van der Waals surface area contributed by atoms with Crippen LogP contribution in [-0.2, 0) is 60.9 Å². The molecule has 16 heteroatoms. The number of amides is 7.